The molecule has 0 fully saturated rings. The topological polar surface area (TPSA) is 24.7 Å². The van der Waals surface area contributed by atoms with Gasteiger partial charge in [0.1, 0.15) is 0 Å². The van der Waals surface area contributed by atoms with Crippen LogP contribution in [0.4, 0.5) is 11.4 Å². The van der Waals surface area contributed by atoms with E-state index < -0.39 is 0 Å². The lowest BCUT2D eigenvalue weighted by Crippen LogP contribution is -2.17. The second kappa shape index (κ2) is 9.79. The minimum atomic E-state index is 0.826. The van der Waals surface area contributed by atoms with Crippen LogP contribution in [0.5, 0.6) is 0 Å². The molecule has 0 amide bonds. The van der Waals surface area contributed by atoms with Crippen LogP contribution < -0.4 is 0 Å². The zero-order chi connectivity index (χ0) is 20.8. The molecule has 4 rings (SSSR count). The maximum Gasteiger partial charge on any atom is 0.0972 e. The smallest absolute Gasteiger partial charge is 0.0972 e. The molecule has 30 heavy (non-hydrogen) atoms. The average Bonchev–Trinajstić information content (AvgIpc) is 2.80. The van der Waals surface area contributed by atoms with Crippen LogP contribution in [0.3, 0.4) is 0 Å². The summed E-state index contributed by atoms with van der Waals surface area (Å²) in [6.45, 7) is 0. The molecule has 0 unspecified atom stereocenters. The van der Waals surface area contributed by atoms with E-state index in [4.69, 9.17) is 9.98 Å². The molecular formula is C26H18Br2N2. The van der Waals surface area contributed by atoms with Crippen molar-refractivity contribution in [3.63, 3.8) is 0 Å². The van der Waals surface area contributed by atoms with E-state index >= 15 is 0 Å². The van der Waals surface area contributed by atoms with Crippen molar-refractivity contribution < 1.29 is 0 Å². The fourth-order valence-electron chi connectivity index (χ4n) is 2.99. The van der Waals surface area contributed by atoms with E-state index in [9.17, 15) is 0 Å². The molecular weight excluding hydrogens is 500 g/mol. The number of benzene rings is 4. The Hall–Kier alpha value is -2.82. The molecule has 4 aromatic rings. The second-order valence-corrected chi connectivity index (χ2v) is 8.44. The highest BCUT2D eigenvalue weighted by Gasteiger charge is 2.15. The first-order valence-electron chi connectivity index (χ1n) is 9.49. The van der Waals surface area contributed by atoms with Gasteiger partial charge in [0.05, 0.1) is 22.8 Å². The van der Waals surface area contributed by atoms with E-state index in [1.54, 1.807) is 0 Å². The largest absolute Gasteiger partial charge is 0.246 e. The Bertz CT molecular complexity index is 1070. The predicted molar refractivity (Wildman–Crippen MR) is 134 cm³/mol. The van der Waals surface area contributed by atoms with Crippen molar-refractivity contribution in [1.29, 1.82) is 0 Å². The zero-order valence-electron chi connectivity index (χ0n) is 16.0. The van der Waals surface area contributed by atoms with Crippen molar-refractivity contribution in [1.82, 2.24) is 0 Å². The Morgan fingerprint density at radius 2 is 0.767 bits per heavy atom. The lowest BCUT2D eigenvalue weighted by molar-refractivity contribution is 1.46. The quantitative estimate of drug-likeness (QED) is 0.238. The Labute approximate surface area is 193 Å². The number of rotatable bonds is 5. The van der Waals surface area contributed by atoms with Crippen LogP contribution in [0, 0.1) is 0 Å². The molecule has 0 N–H and O–H groups in total. The van der Waals surface area contributed by atoms with Crippen LogP contribution in [-0.2, 0) is 0 Å². The summed E-state index contributed by atoms with van der Waals surface area (Å²) in [5, 5.41) is 0. The fourth-order valence-corrected chi connectivity index (χ4v) is 3.52. The van der Waals surface area contributed by atoms with E-state index in [-0.39, 0.29) is 0 Å². The first-order chi connectivity index (χ1) is 14.7. The van der Waals surface area contributed by atoms with Gasteiger partial charge >= 0.3 is 0 Å². The second-order valence-electron chi connectivity index (χ2n) is 6.61. The standard InChI is InChI=1S/C26H18Br2N2/c27-21-11-15-23(16-12-21)29-25(19-7-3-1-4-8-19)26(20-9-5-2-6-10-20)30-24-17-13-22(28)14-18-24/h1-18H. The third-order valence-corrected chi connectivity index (χ3v) is 5.51. The molecule has 0 radical (unpaired) electrons. The minimum Gasteiger partial charge on any atom is -0.246 e. The first-order valence-corrected chi connectivity index (χ1v) is 11.1. The molecule has 4 heteroatoms. The van der Waals surface area contributed by atoms with Crippen molar-refractivity contribution in [2.24, 2.45) is 9.98 Å². The molecule has 0 atom stereocenters. The highest BCUT2D eigenvalue weighted by molar-refractivity contribution is 9.10. The third-order valence-electron chi connectivity index (χ3n) is 4.45. The monoisotopic (exact) mass is 516 g/mol. The van der Waals surface area contributed by atoms with E-state index in [1.165, 1.54) is 0 Å². The molecule has 0 aromatic heterocycles. The van der Waals surface area contributed by atoms with Crippen LogP contribution in [0.2, 0.25) is 0 Å². The van der Waals surface area contributed by atoms with E-state index in [2.05, 4.69) is 56.1 Å². The fraction of sp³-hybridized carbons (Fsp3) is 0. The van der Waals surface area contributed by atoms with Gasteiger partial charge in [-0.2, -0.15) is 0 Å². The number of aliphatic imine (C=N–C) groups is 2. The zero-order valence-corrected chi connectivity index (χ0v) is 19.2. The summed E-state index contributed by atoms with van der Waals surface area (Å²) >= 11 is 6.99. The molecule has 0 heterocycles. The van der Waals surface area contributed by atoms with Crippen LogP contribution in [0.15, 0.2) is 128 Å². The molecule has 2 nitrogen and oxygen atoms in total. The lowest BCUT2D eigenvalue weighted by Gasteiger charge is -2.12. The van der Waals surface area contributed by atoms with Gasteiger partial charge in [0.15, 0.2) is 0 Å². The van der Waals surface area contributed by atoms with E-state index in [1.807, 2.05) is 84.9 Å². The molecule has 0 saturated heterocycles. The third kappa shape index (κ3) is 5.21. The van der Waals surface area contributed by atoms with Crippen LogP contribution >= 0.6 is 31.9 Å². The van der Waals surface area contributed by atoms with Crippen molar-refractivity contribution in [2.75, 3.05) is 0 Å². The van der Waals surface area contributed by atoms with E-state index in [0.29, 0.717) is 0 Å². The van der Waals surface area contributed by atoms with Gasteiger partial charge in [0.25, 0.3) is 0 Å². The predicted octanol–water partition coefficient (Wildman–Crippen LogP) is 8.15. The van der Waals surface area contributed by atoms with Crippen molar-refractivity contribution in [3.8, 4) is 0 Å². The molecule has 0 bridgehead atoms. The van der Waals surface area contributed by atoms with E-state index in [0.717, 1.165) is 42.9 Å². The average molecular weight is 518 g/mol. The van der Waals surface area contributed by atoms with Crippen LogP contribution in [0.1, 0.15) is 11.1 Å². The van der Waals surface area contributed by atoms with Crippen LogP contribution in [-0.4, -0.2) is 11.4 Å². The minimum absolute atomic E-state index is 0.826. The maximum atomic E-state index is 5.02. The molecule has 4 aromatic carbocycles. The number of hydrogen-bond acceptors (Lipinski definition) is 2. The number of hydrogen-bond donors (Lipinski definition) is 0. The molecule has 0 spiro atoms. The molecule has 0 aliphatic rings. The van der Waals surface area contributed by atoms with Gasteiger partial charge < -0.3 is 0 Å². The summed E-state index contributed by atoms with van der Waals surface area (Å²) in [4.78, 5) is 10.0. The Morgan fingerprint density at radius 1 is 0.433 bits per heavy atom. The van der Waals surface area contributed by atoms with Gasteiger partial charge in [-0.1, -0.05) is 92.5 Å². The highest BCUT2D eigenvalue weighted by Crippen LogP contribution is 2.23. The van der Waals surface area contributed by atoms with Crippen molar-refractivity contribution in [2.45, 2.75) is 0 Å². The number of nitrogens with zero attached hydrogens (tertiary/aromatic N) is 2. The van der Waals surface area contributed by atoms with Crippen molar-refractivity contribution in [3.05, 3.63) is 129 Å². The SMILES string of the molecule is Brc1ccc(N=C(C(=Nc2ccc(Br)cc2)c2ccccc2)c2ccccc2)cc1. The van der Waals surface area contributed by atoms with Gasteiger partial charge in [-0.3, -0.25) is 0 Å². The summed E-state index contributed by atoms with van der Waals surface area (Å²) in [6.07, 6.45) is 0. The maximum absolute atomic E-state index is 5.02. The summed E-state index contributed by atoms with van der Waals surface area (Å²) < 4.78 is 2.05. The Morgan fingerprint density at radius 3 is 1.10 bits per heavy atom. The normalized spacial score (nSPS) is 12.1. The number of halogens is 2. The first kappa shape index (κ1) is 20.5. The summed E-state index contributed by atoms with van der Waals surface area (Å²) in [5.41, 5.74) is 5.42. The summed E-state index contributed by atoms with van der Waals surface area (Å²) in [7, 11) is 0. The molecule has 0 aliphatic carbocycles. The lowest BCUT2D eigenvalue weighted by atomic mass is 9.99. The van der Waals surface area contributed by atoms with Gasteiger partial charge in [-0.05, 0) is 48.5 Å². The highest BCUT2D eigenvalue weighted by atomic mass is 79.9. The molecule has 0 aliphatic heterocycles. The van der Waals surface area contributed by atoms with Gasteiger partial charge in [-0.25, -0.2) is 9.98 Å². The van der Waals surface area contributed by atoms with Crippen LogP contribution in [0.25, 0.3) is 0 Å². The Balaban J connectivity index is 1.93. The van der Waals surface area contributed by atoms with Crippen molar-refractivity contribution >= 4 is 54.7 Å². The molecule has 0 saturated carbocycles. The summed E-state index contributed by atoms with van der Waals surface area (Å²) in [5.74, 6) is 0. The van der Waals surface area contributed by atoms with Gasteiger partial charge in [0, 0.05) is 20.1 Å². The van der Waals surface area contributed by atoms with Gasteiger partial charge in [-0.15, -0.1) is 0 Å². The summed E-state index contributed by atoms with van der Waals surface area (Å²) in [6, 6.07) is 36.3. The molecule has 146 valence electrons. The van der Waals surface area contributed by atoms with Gasteiger partial charge in [0.2, 0.25) is 0 Å². The Kier molecular flexibility index (Phi) is 6.67.